The fourth-order valence-electron chi connectivity index (χ4n) is 2.86. The van der Waals surface area contributed by atoms with Crippen molar-refractivity contribution < 1.29 is 17.9 Å². The number of amides is 1. The molecule has 0 atom stereocenters. The van der Waals surface area contributed by atoms with Crippen molar-refractivity contribution >= 4 is 27.3 Å². The number of nitrogens with one attached hydrogen (secondary N) is 1. The molecule has 25 heavy (non-hydrogen) atoms. The number of anilines is 2. The highest BCUT2D eigenvalue weighted by Gasteiger charge is 2.36. The average Bonchev–Trinajstić information content (AvgIpc) is 3.41. The largest absolute Gasteiger partial charge is 0.454 e. The van der Waals surface area contributed by atoms with E-state index in [9.17, 15) is 13.2 Å². The summed E-state index contributed by atoms with van der Waals surface area (Å²) < 4.78 is 32.7. The van der Waals surface area contributed by atoms with E-state index in [1.807, 2.05) is 25.1 Å². The lowest BCUT2D eigenvalue weighted by molar-refractivity contribution is 0.0993. The van der Waals surface area contributed by atoms with E-state index in [4.69, 9.17) is 4.74 Å². The molecular weight excluding hydrogens is 340 g/mol. The van der Waals surface area contributed by atoms with Gasteiger partial charge >= 0.3 is 0 Å². The molecule has 1 N–H and O–H groups in total. The van der Waals surface area contributed by atoms with Gasteiger partial charge in [0.25, 0.3) is 5.91 Å². The highest BCUT2D eigenvalue weighted by Crippen LogP contribution is 2.40. The van der Waals surface area contributed by atoms with Gasteiger partial charge in [0.15, 0.2) is 5.75 Å². The predicted molar refractivity (Wildman–Crippen MR) is 96.0 cm³/mol. The number of nitrogens with zero attached hydrogens (tertiary/aromatic N) is 1. The van der Waals surface area contributed by atoms with Crippen LogP contribution in [0.2, 0.25) is 0 Å². The molecule has 1 heterocycles. The Hall–Kier alpha value is -2.54. The molecule has 0 unspecified atom stereocenters. The molecule has 1 saturated carbocycles. The van der Waals surface area contributed by atoms with Gasteiger partial charge in [0.2, 0.25) is 10.0 Å². The molecule has 0 aromatic heterocycles. The van der Waals surface area contributed by atoms with E-state index in [2.05, 4.69) is 4.72 Å². The molecule has 6 nitrogen and oxygen atoms in total. The Morgan fingerprint density at radius 2 is 1.84 bits per heavy atom. The van der Waals surface area contributed by atoms with Crippen molar-refractivity contribution in [3.63, 3.8) is 0 Å². The predicted octanol–water partition coefficient (Wildman–Crippen LogP) is 3.28. The van der Waals surface area contributed by atoms with Crippen LogP contribution in [0.1, 0.15) is 28.8 Å². The normalized spacial score (nSPS) is 16.6. The number of benzene rings is 2. The smallest absolute Gasteiger partial charge is 0.261 e. The van der Waals surface area contributed by atoms with Gasteiger partial charge in [-0.1, -0.05) is 6.07 Å². The first kappa shape index (κ1) is 16.0. The zero-order valence-corrected chi connectivity index (χ0v) is 14.8. The van der Waals surface area contributed by atoms with Gasteiger partial charge in [-0.2, -0.15) is 0 Å². The molecule has 0 bridgehead atoms. The van der Waals surface area contributed by atoms with Crippen LogP contribution >= 0.6 is 0 Å². The first-order chi connectivity index (χ1) is 11.8. The zero-order chi connectivity index (χ0) is 17.8. The molecule has 7 heteroatoms. The van der Waals surface area contributed by atoms with Crippen molar-refractivity contribution in [3.8, 4) is 11.5 Å². The first-order valence-electron chi connectivity index (χ1n) is 8.07. The maximum absolute atomic E-state index is 12.8. The second-order valence-electron chi connectivity index (χ2n) is 6.49. The summed E-state index contributed by atoms with van der Waals surface area (Å²) in [4.78, 5) is 14.4. The van der Waals surface area contributed by atoms with Gasteiger partial charge in [-0.3, -0.25) is 9.52 Å². The van der Waals surface area contributed by atoms with Crippen molar-refractivity contribution in [2.45, 2.75) is 25.0 Å². The van der Waals surface area contributed by atoms with Crippen molar-refractivity contribution in [3.05, 3.63) is 47.5 Å². The number of carbonyl (C=O) groups is 1. The van der Waals surface area contributed by atoms with Crippen molar-refractivity contribution in [1.82, 2.24) is 0 Å². The van der Waals surface area contributed by atoms with Gasteiger partial charge < -0.3 is 9.64 Å². The second kappa shape index (κ2) is 5.49. The molecule has 0 radical (unpaired) electrons. The summed E-state index contributed by atoms with van der Waals surface area (Å²) >= 11 is 0. The maximum atomic E-state index is 12.8. The van der Waals surface area contributed by atoms with Gasteiger partial charge in [-0.05, 0) is 55.7 Å². The van der Waals surface area contributed by atoms with Crippen molar-refractivity contribution in [1.29, 1.82) is 0 Å². The first-order valence-corrected chi connectivity index (χ1v) is 9.62. The molecule has 2 aliphatic rings. The minimum atomic E-state index is -3.38. The lowest BCUT2D eigenvalue weighted by Crippen LogP contribution is -2.25. The lowest BCUT2D eigenvalue weighted by Gasteiger charge is -2.17. The standard InChI is InChI=1S/C18H18N2O4S/c1-11-3-7-17-15(9-11)20(2)18(21)14-10-12(4-8-16(14)24-17)19-25(22,23)13-5-6-13/h3-4,7-10,13,19H,5-6H2,1-2H3. The Morgan fingerprint density at radius 3 is 2.56 bits per heavy atom. The summed E-state index contributed by atoms with van der Waals surface area (Å²) in [5, 5.41) is -0.326. The van der Waals surface area contributed by atoms with Gasteiger partial charge in [0.1, 0.15) is 5.75 Å². The van der Waals surface area contributed by atoms with Gasteiger partial charge in [0.05, 0.1) is 16.5 Å². The maximum Gasteiger partial charge on any atom is 0.261 e. The number of aryl methyl sites for hydroxylation is 1. The minimum absolute atomic E-state index is 0.244. The van der Waals surface area contributed by atoms with E-state index in [1.54, 1.807) is 19.2 Å². The lowest BCUT2D eigenvalue weighted by atomic mass is 10.1. The van der Waals surface area contributed by atoms with Crippen LogP contribution in [0.3, 0.4) is 0 Å². The van der Waals surface area contributed by atoms with E-state index in [1.165, 1.54) is 11.0 Å². The van der Waals surface area contributed by atoms with Crippen LogP contribution in [0.25, 0.3) is 0 Å². The van der Waals surface area contributed by atoms with Crippen LogP contribution in [0.5, 0.6) is 11.5 Å². The van der Waals surface area contributed by atoms with Crippen LogP contribution in [0, 0.1) is 6.92 Å². The van der Waals surface area contributed by atoms with Crippen LogP contribution in [-0.2, 0) is 10.0 Å². The molecule has 2 aromatic rings. The minimum Gasteiger partial charge on any atom is -0.454 e. The highest BCUT2D eigenvalue weighted by molar-refractivity contribution is 7.93. The molecule has 1 fully saturated rings. The Morgan fingerprint density at radius 1 is 1.12 bits per heavy atom. The van der Waals surface area contributed by atoms with E-state index in [0.29, 0.717) is 41.3 Å². The van der Waals surface area contributed by atoms with Crippen LogP contribution in [-0.4, -0.2) is 26.6 Å². The summed E-state index contributed by atoms with van der Waals surface area (Å²) in [7, 11) is -1.70. The molecule has 1 amide bonds. The number of hydrogen-bond donors (Lipinski definition) is 1. The number of hydrogen-bond acceptors (Lipinski definition) is 4. The number of sulfonamides is 1. The third-order valence-electron chi connectivity index (χ3n) is 4.43. The summed E-state index contributed by atoms with van der Waals surface area (Å²) in [5.74, 6) is 0.757. The fraction of sp³-hybridized carbons (Fsp3) is 0.278. The van der Waals surface area contributed by atoms with E-state index < -0.39 is 10.0 Å². The SMILES string of the molecule is Cc1ccc2c(c1)N(C)C(=O)c1cc(NS(=O)(=O)C3CC3)ccc1O2. The monoisotopic (exact) mass is 358 g/mol. The quantitative estimate of drug-likeness (QED) is 0.913. The van der Waals surface area contributed by atoms with Gasteiger partial charge in [-0.25, -0.2) is 8.42 Å². The average molecular weight is 358 g/mol. The number of carbonyl (C=O) groups excluding carboxylic acids is 1. The molecule has 0 spiro atoms. The van der Waals surface area contributed by atoms with Gasteiger partial charge in [0, 0.05) is 12.7 Å². The molecule has 1 aliphatic carbocycles. The number of fused-ring (bicyclic) bond motifs is 2. The highest BCUT2D eigenvalue weighted by atomic mass is 32.2. The Kier molecular flexibility index (Phi) is 3.50. The van der Waals surface area contributed by atoms with E-state index in [0.717, 1.165) is 5.56 Å². The topological polar surface area (TPSA) is 75.7 Å². The summed E-state index contributed by atoms with van der Waals surface area (Å²) in [6.07, 6.45) is 1.36. The summed E-state index contributed by atoms with van der Waals surface area (Å²) in [5.41, 5.74) is 2.40. The Labute approximate surface area is 146 Å². The second-order valence-corrected chi connectivity index (χ2v) is 8.46. The number of rotatable bonds is 3. The van der Waals surface area contributed by atoms with E-state index in [-0.39, 0.29) is 11.2 Å². The molecule has 4 rings (SSSR count). The van der Waals surface area contributed by atoms with E-state index >= 15 is 0 Å². The third-order valence-corrected chi connectivity index (χ3v) is 6.30. The van der Waals surface area contributed by atoms with Gasteiger partial charge in [-0.15, -0.1) is 0 Å². The fourth-order valence-corrected chi connectivity index (χ4v) is 4.24. The van der Waals surface area contributed by atoms with Crippen LogP contribution in [0.4, 0.5) is 11.4 Å². The Balaban J connectivity index is 1.74. The molecule has 130 valence electrons. The molecular formula is C18H18N2O4S. The summed E-state index contributed by atoms with van der Waals surface area (Å²) in [6.45, 7) is 1.95. The number of ether oxygens (including phenoxy) is 1. The summed E-state index contributed by atoms with van der Waals surface area (Å²) in [6, 6.07) is 10.4. The zero-order valence-electron chi connectivity index (χ0n) is 13.9. The van der Waals surface area contributed by atoms with Crippen molar-refractivity contribution in [2.24, 2.45) is 0 Å². The third kappa shape index (κ3) is 2.84. The molecule has 2 aromatic carbocycles. The van der Waals surface area contributed by atoms with Crippen molar-refractivity contribution in [2.75, 3.05) is 16.7 Å². The Bertz CT molecular complexity index is 981. The molecule has 1 aliphatic heterocycles. The van der Waals surface area contributed by atoms with Crippen LogP contribution < -0.4 is 14.4 Å². The van der Waals surface area contributed by atoms with Crippen LogP contribution in [0.15, 0.2) is 36.4 Å². The molecule has 0 saturated heterocycles.